The minimum Gasteiger partial charge on any atom is -0.179 e. The molecule has 0 aliphatic rings. The van der Waals surface area contributed by atoms with Gasteiger partial charge in [0.25, 0.3) is 0 Å². The van der Waals surface area contributed by atoms with Gasteiger partial charge in [0.2, 0.25) is 0 Å². The zero-order chi connectivity index (χ0) is 8.69. The van der Waals surface area contributed by atoms with Gasteiger partial charge in [0, 0.05) is 0 Å². The van der Waals surface area contributed by atoms with Crippen LogP contribution in [0.15, 0.2) is 0 Å². The lowest BCUT2D eigenvalue weighted by molar-refractivity contribution is 0.383. The van der Waals surface area contributed by atoms with Crippen molar-refractivity contribution >= 4 is 12.6 Å². The predicted octanol–water partition coefficient (Wildman–Crippen LogP) is 3.77. The SMILES string of the molecule is CCCCCC(C)C(C)CS. The second-order valence-corrected chi connectivity index (χ2v) is 4.00. The molecule has 2 atom stereocenters. The Bertz CT molecular complexity index is 80.9. The minimum absolute atomic E-state index is 0.787. The van der Waals surface area contributed by atoms with Crippen molar-refractivity contribution in [3.63, 3.8) is 0 Å². The Morgan fingerprint density at radius 1 is 1.09 bits per heavy atom. The second-order valence-electron chi connectivity index (χ2n) is 3.63. The average molecular weight is 174 g/mol. The summed E-state index contributed by atoms with van der Waals surface area (Å²) in [4.78, 5) is 0. The molecule has 0 aromatic rings. The number of unbranched alkanes of at least 4 members (excludes halogenated alkanes) is 2. The Morgan fingerprint density at radius 2 is 1.73 bits per heavy atom. The first kappa shape index (κ1) is 11.4. The molecule has 0 aliphatic carbocycles. The molecule has 0 saturated heterocycles. The molecule has 0 saturated carbocycles. The monoisotopic (exact) mass is 174 g/mol. The molecule has 0 N–H and O–H groups in total. The van der Waals surface area contributed by atoms with Crippen molar-refractivity contribution in [2.45, 2.75) is 46.5 Å². The highest BCUT2D eigenvalue weighted by atomic mass is 32.1. The summed E-state index contributed by atoms with van der Waals surface area (Å²) < 4.78 is 0. The van der Waals surface area contributed by atoms with Crippen LogP contribution in [0.5, 0.6) is 0 Å². The Morgan fingerprint density at radius 3 is 2.18 bits per heavy atom. The van der Waals surface area contributed by atoms with Crippen LogP contribution in [0.25, 0.3) is 0 Å². The summed E-state index contributed by atoms with van der Waals surface area (Å²) in [5.41, 5.74) is 0. The maximum Gasteiger partial charge on any atom is -0.00696 e. The normalized spacial score (nSPS) is 16.4. The van der Waals surface area contributed by atoms with Crippen molar-refractivity contribution in [3.05, 3.63) is 0 Å². The molecular formula is C10H22S. The fourth-order valence-corrected chi connectivity index (χ4v) is 1.54. The van der Waals surface area contributed by atoms with E-state index in [0.29, 0.717) is 0 Å². The maximum atomic E-state index is 4.30. The largest absolute Gasteiger partial charge is 0.179 e. The third kappa shape index (κ3) is 5.60. The van der Waals surface area contributed by atoms with Crippen molar-refractivity contribution in [2.24, 2.45) is 11.8 Å². The van der Waals surface area contributed by atoms with Gasteiger partial charge in [0.1, 0.15) is 0 Å². The highest BCUT2D eigenvalue weighted by Gasteiger charge is 2.08. The van der Waals surface area contributed by atoms with E-state index < -0.39 is 0 Å². The smallest absolute Gasteiger partial charge is 0.00696 e. The van der Waals surface area contributed by atoms with E-state index in [9.17, 15) is 0 Å². The molecule has 0 aliphatic heterocycles. The third-order valence-electron chi connectivity index (χ3n) is 2.52. The van der Waals surface area contributed by atoms with Gasteiger partial charge < -0.3 is 0 Å². The van der Waals surface area contributed by atoms with E-state index in [1.807, 2.05) is 0 Å². The molecule has 1 heteroatoms. The summed E-state index contributed by atoms with van der Waals surface area (Å²) in [5, 5.41) is 0. The van der Waals surface area contributed by atoms with Gasteiger partial charge in [-0.3, -0.25) is 0 Å². The first-order valence-corrected chi connectivity index (χ1v) is 5.46. The Hall–Kier alpha value is 0.350. The maximum absolute atomic E-state index is 4.30. The van der Waals surface area contributed by atoms with E-state index in [-0.39, 0.29) is 0 Å². The number of rotatable bonds is 6. The van der Waals surface area contributed by atoms with E-state index in [2.05, 4.69) is 33.4 Å². The average Bonchev–Trinajstić information content (AvgIpc) is 2.03. The Labute approximate surface area is 77.2 Å². The van der Waals surface area contributed by atoms with Gasteiger partial charge in [-0.05, 0) is 17.6 Å². The van der Waals surface area contributed by atoms with Crippen LogP contribution in [-0.4, -0.2) is 5.75 Å². The Balaban J connectivity index is 3.28. The van der Waals surface area contributed by atoms with Gasteiger partial charge in [0.15, 0.2) is 0 Å². The first-order valence-electron chi connectivity index (χ1n) is 4.83. The van der Waals surface area contributed by atoms with Gasteiger partial charge in [-0.1, -0.05) is 46.5 Å². The molecule has 0 rings (SSSR count). The lowest BCUT2D eigenvalue weighted by atomic mass is 9.92. The summed E-state index contributed by atoms with van der Waals surface area (Å²) in [7, 11) is 0. The van der Waals surface area contributed by atoms with E-state index in [0.717, 1.165) is 17.6 Å². The molecule has 2 unspecified atom stereocenters. The fourth-order valence-electron chi connectivity index (χ4n) is 1.18. The van der Waals surface area contributed by atoms with Crippen molar-refractivity contribution in [2.75, 3.05) is 5.75 Å². The molecule has 0 bridgehead atoms. The van der Waals surface area contributed by atoms with Crippen LogP contribution in [0.2, 0.25) is 0 Å². The van der Waals surface area contributed by atoms with Crippen LogP contribution in [0.3, 0.4) is 0 Å². The highest BCUT2D eigenvalue weighted by molar-refractivity contribution is 7.80. The van der Waals surface area contributed by atoms with Crippen molar-refractivity contribution in [1.29, 1.82) is 0 Å². The standard InChI is InChI=1S/C10H22S/c1-4-5-6-7-9(2)10(3)8-11/h9-11H,4-8H2,1-3H3. The van der Waals surface area contributed by atoms with Crippen LogP contribution in [0.1, 0.15) is 46.5 Å². The van der Waals surface area contributed by atoms with Crippen molar-refractivity contribution < 1.29 is 0 Å². The van der Waals surface area contributed by atoms with Crippen LogP contribution < -0.4 is 0 Å². The molecule has 0 aromatic carbocycles. The third-order valence-corrected chi connectivity index (χ3v) is 3.10. The first-order chi connectivity index (χ1) is 5.22. The quantitative estimate of drug-likeness (QED) is 0.460. The van der Waals surface area contributed by atoms with Crippen molar-refractivity contribution in [3.8, 4) is 0 Å². The molecule has 0 fully saturated rings. The number of hydrogen-bond donors (Lipinski definition) is 1. The molecule has 0 radical (unpaired) electrons. The van der Waals surface area contributed by atoms with Gasteiger partial charge in [-0.15, -0.1) is 0 Å². The van der Waals surface area contributed by atoms with E-state index in [1.165, 1.54) is 25.7 Å². The van der Waals surface area contributed by atoms with Crippen molar-refractivity contribution in [1.82, 2.24) is 0 Å². The zero-order valence-electron chi connectivity index (χ0n) is 8.14. The minimum atomic E-state index is 0.787. The van der Waals surface area contributed by atoms with E-state index in [1.54, 1.807) is 0 Å². The molecule has 68 valence electrons. The lowest BCUT2D eigenvalue weighted by Gasteiger charge is -2.17. The van der Waals surface area contributed by atoms with E-state index in [4.69, 9.17) is 0 Å². The van der Waals surface area contributed by atoms with Crippen LogP contribution in [0, 0.1) is 11.8 Å². The van der Waals surface area contributed by atoms with E-state index >= 15 is 0 Å². The topological polar surface area (TPSA) is 0 Å². The summed E-state index contributed by atoms with van der Waals surface area (Å²) in [6.07, 6.45) is 5.51. The van der Waals surface area contributed by atoms with Gasteiger partial charge >= 0.3 is 0 Å². The molecule has 0 heterocycles. The lowest BCUT2D eigenvalue weighted by Crippen LogP contribution is -2.09. The van der Waals surface area contributed by atoms with Gasteiger partial charge in [0.05, 0.1) is 0 Å². The summed E-state index contributed by atoms with van der Waals surface area (Å²) in [6.45, 7) is 6.90. The molecule has 11 heavy (non-hydrogen) atoms. The van der Waals surface area contributed by atoms with Gasteiger partial charge in [-0.2, -0.15) is 12.6 Å². The highest BCUT2D eigenvalue weighted by Crippen LogP contribution is 2.18. The van der Waals surface area contributed by atoms with Crippen LogP contribution in [-0.2, 0) is 0 Å². The Kier molecular flexibility index (Phi) is 7.25. The number of thiol groups is 1. The summed E-state index contributed by atoms with van der Waals surface area (Å²) >= 11 is 4.30. The summed E-state index contributed by atoms with van der Waals surface area (Å²) in [5.74, 6) is 2.68. The fraction of sp³-hybridized carbons (Fsp3) is 1.00. The summed E-state index contributed by atoms with van der Waals surface area (Å²) in [6, 6.07) is 0. The second kappa shape index (κ2) is 7.02. The van der Waals surface area contributed by atoms with Gasteiger partial charge in [-0.25, -0.2) is 0 Å². The van der Waals surface area contributed by atoms with Crippen LogP contribution in [0.4, 0.5) is 0 Å². The zero-order valence-corrected chi connectivity index (χ0v) is 9.03. The molecule has 0 aromatic heterocycles. The molecule has 0 spiro atoms. The van der Waals surface area contributed by atoms with Crippen LogP contribution >= 0.6 is 12.6 Å². The molecular weight excluding hydrogens is 152 g/mol. The predicted molar refractivity (Wildman–Crippen MR) is 56.3 cm³/mol. The molecule has 0 nitrogen and oxygen atoms in total. The number of hydrogen-bond acceptors (Lipinski definition) is 1. The molecule has 0 amide bonds.